The number of piperazine rings is 1. The molecule has 2 aliphatic rings. The Morgan fingerprint density at radius 3 is 2.60 bits per heavy atom. The van der Waals surface area contributed by atoms with Crippen LogP contribution in [0.25, 0.3) is 11.4 Å². The van der Waals surface area contributed by atoms with Crippen molar-refractivity contribution in [3.8, 4) is 11.4 Å². The van der Waals surface area contributed by atoms with Gasteiger partial charge in [-0.05, 0) is 49.4 Å². The van der Waals surface area contributed by atoms with Crippen LogP contribution in [0.2, 0.25) is 5.02 Å². The molecule has 3 amide bonds. The van der Waals surface area contributed by atoms with Crippen LogP contribution < -0.4 is 15.1 Å². The molecular formula is C25H27ClN6O3. The molecule has 3 heterocycles. The lowest BCUT2D eigenvalue weighted by atomic mass is 10.1. The third-order valence-corrected chi connectivity index (χ3v) is 6.66. The smallest absolute Gasteiger partial charge is 0.317 e. The Bertz CT molecular complexity index is 1210. The van der Waals surface area contributed by atoms with Crippen molar-refractivity contribution < 1.29 is 14.1 Å². The summed E-state index contributed by atoms with van der Waals surface area (Å²) in [6.45, 7) is 5.97. The number of rotatable bonds is 5. The molecule has 182 valence electrons. The molecule has 0 saturated carbocycles. The molecule has 2 aromatic carbocycles. The van der Waals surface area contributed by atoms with Gasteiger partial charge in [0.2, 0.25) is 17.6 Å². The highest BCUT2D eigenvalue weighted by Gasteiger charge is 2.35. The number of hydrogen-bond donors (Lipinski definition) is 1. The quantitative estimate of drug-likeness (QED) is 0.580. The fraction of sp³-hybridized carbons (Fsp3) is 0.360. The fourth-order valence-electron chi connectivity index (χ4n) is 4.54. The molecule has 2 fully saturated rings. The summed E-state index contributed by atoms with van der Waals surface area (Å²) in [4.78, 5) is 35.0. The van der Waals surface area contributed by atoms with Gasteiger partial charge in [-0.3, -0.25) is 4.79 Å². The molecule has 1 N–H and O–H groups in total. The van der Waals surface area contributed by atoms with Crippen molar-refractivity contribution in [3.63, 3.8) is 0 Å². The molecule has 2 saturated heterocycles. The highest BCUT2D eigenvalue weighted by Crippen LogP contribution is 2.33. The summed E-state index contributed by atoms with van der Waals surface area (Å²) in [5.74, 6) is 0.807. The van der Waals surface area contributed by atoms with E-state index < -0.39 is 0 Å². The Morgan fingerprint density at radius 2 is 1.89 bits per heavy atom. The van der Waals surface area contributed by atoms with Crippen LogP contribution in [0.4, 0.5) is 16.2 Å². The maximum atomic E-state index is 12.6. The number of nitrogens with zero attached hydrogens (tertiary/aromatic N) is 5. The number of aromatic nitrogens is 2. The molecule has 0 aliphatic carbocycles. The number of hydrogen-bond acceptors (Lipinski definition) is 6. The minimum Gasteiger partial charge on any atom is -0.368 e. The standard InChI is InChI=1S/C25H27ClN6O3/c1-2-27-25(34)31-12-10-30(11-13-31)20-8-6-17(7-9-20)23-28-24(35-29-23)18-14-22(33)32(16-18)21-5-3-4-19(26)15-21/h3-9,15,18H,2,10-14,16H2,1H3,(H,27,34)/t18-/m1/s1. The van der Waals surface area contributed by atoms with Crippen LogP contribution in [0.3, 0.4) is 0 Å². The van der Waals surface area contributed by atoms with Gasteiger partial charge in [-0.2, -0.15) is 4.98 Å². The van der Waals surface area contributed by atoms with E-state index in [0.717, 1.165) is 30.0 Å². The van der Waals surface area contributed by atoms with Crippen LogP contribution >= 0.6 is 11.6 Å². The first-order valence-electron chi connectivity index (χ1n) is 11.8. The van der Waals surface area contributed by atoms with E-state index in [1.807, 2.05) is 48.2 Å². The molecule has 10 heteroatoms. The molecule has 1 aromatic heterocycles. The van der Waals surface area contributed by atoms with Crippen molar-refractivity contribution in [1.82, 2.24) is 20.4 Å². The molecule has 0 spiro atoms. The number of benzene rings is 2. The number of carbonyl (C=O) groups excluding carboxylic acids is 2. The summed E-state index contributed by atoms with van der Waals surface area (Å²) in [6, 6.07) is 15.3. The summed E-state index contributed by atoms with van der Waals surface area (Å²) in [7, 11) is 0. The van der Waals surface area contributed by atoms with E-state index in [1.54, 1.807) is 17.0 Å². The predicted molar refractivity (Wildman–Crippen MR) is 134 cm³/mol. The van der Waals surface area contributed by atoms with E-state index in [1.165, 1.54) is 0 Å². The van der Waals surface area contributed by atoms with Crippen molar-refractivity contribution >= 4 is 34.9 Å². The molecule has 3 aromatic rings. The number of nitrogens with one attached hydrogen (secondary N) is 1. The van der Waals surface area contributed by atoms with E-state index in [4.69, 9.17) is 16.1 Å². The van der Waals surface area contributed by atoms with Crippen LogP contribution in [0.1, 0.15) is 25.2 Å². The van der Waals surface area contributed by atoms with E-state index in [9.17, 15) is 9.59 Å². The zero-order valence-corrected chi connectivity index (χ0v) is 20.2. The molecule has 2 aliphatic heterocycles. The molecular weight excluding hydrogens is 468 g/mol. The second kappa shape index (κ2) is 9.95. The van der Waals surface area contributed by atoms with Crippen LogP contribution in [0.5, 0.6) is 0 Å². The first-order valence-corrected chi connectivity index (χ1v) is 12.2. The van der Waals surface area contributed by atoms with E-state index in [-0.39, 0.29) is 17.9 Å². The van der Waals surface area contributed by atoms with Crippen molar-refractivity contribution in [3.05, 3.63) is 59.4 Å². The minimum absolute atomic E-state index is 0.00458. The van der Waals surface area contributed by atoms with Crippen LogP contribution in [-0.4, -0.2) is 66.2 Å². The predicted octanol–water partition coefficient (Wildman–Crippen LogP) is 3.76. The third kappa shape index (κ3) is 4.95. The van der Waals surface area contributed by atoms with Gasteiger partial charge < -0.3 is 24.5 Å². The summed E-state index contributed by atoms with van der Waals surface area (Å²) >= 11 is 6.09. The fourth-order valence-corrected chi connectivity index (χ4v) is 4.72. The van der Waals surface area contributed by atoms with Crippen LogP contribution in [0.15, 0.2) is 53.1 Å². The van der Waals surface area contributed by atoms with Crippen molar-refractivity contribution in [2.75, 3.05) is 49.1 Å². The molecule has 0 radical (unpaired) electrons. The number of carbonyl (C=O) groups is 2. The van der Waals surface area contributed by atoms with Gasteiger partial charge in [-0.25, -0.2) is 4.79 Å². The van der Waals surface area contributed by atoms with Gasteiger partial charge >= 0.3 is 6.03 Å². The highest BCUT2D eigenvalue weighted by molar-refractivity contribution is 6.30. The van der Waals surface area contributed by atoms with Crippen molar-refractivity contribution in [2.45, 2.75) is 19.3 Å². The molecule has 0 unspecified atom stereocenters. The summed E-state index contributed by atoms with van der Waals surface area (Å²) < 4.78 is 5.54. The normalized spacial score (nSPS) is 18.3. The Morgan fingerprint density at radius 1 is 1.11 bits per heavy atom. The van der Waals surface area contributed by atoms with Gasteiger partial charge in [0.25, 0.3) is 0 Å². The number of urea groups is 1. The average molecular weight is 495 g/mol. The van der Waals surface area contributed by atoms with Gasteiger partial charge in [0, 0.05) is 67.7 Å². The molecule has 35 heavy (non-hydrogen) atoms. The van der Waals surface area contributed by atoms with Crippen molar-refractivity contribution in [1.29, 1.82) is 0 Å². The highest BCUT2D eigenvalue weighted by atomic mass is 35.5. The second-order valence-corrected chi connectivity index (χ2v) is 9.13. The first kappa shape index (κ1) is 23.2. The van der Waals surface area contributed by atoms with E-state index in [0.29, 0.717) is 49.3 Å². The maximum Gasteiger partial charge on any atom is 0.317 e. The Kier molecular flexibility index (Phi) is 6.59. The first-order chi connectivity index (χ1) is 17.0. The van der Waals surface area contributed by atoms with E-state index in [2.05, 4.69) is 20.4 Å². The van der Waals surface area contributed by atoms with Crippen LogP contribution in [0, 0.1) is 0 Å². The molecule has 5 rings (SSSR count). The molecule has 0 bridgehead atoms. The number of anilines is 2. The Labute approximate surface area is 208 Å². The van der Waals surface area contributed by atoms with Crippen molar-refractivity contribution in [2.24, 2.45) is 0 Å². The minimum atomic E-state index is -0.164. The summed E-state index contributed by atoms with van der Waals surface area (Å²) in [6.07, 6.45) is 0.315. The lowest BCUT2D eigenvalue weighted by molar-refractivity contribution is -0.117. The van der Waals surface area contributed by atoms with Crippen LogP contribution in [-0.2, 0) is 4.79 Å². The third-order valence-electron chi connectivity index (χ3n) is 6.42. The van der Waals surface area contributed by atoms with E-state index >= 15 is 0 Å². The lowest BCUT2D eigenvalue weighted by Crippen LogP contribution is -2.51. The molecule has 9 nitrogen and oxygen atoms in total. The topological polar surface area (TPSA) is 94.8 Å². The largest absolute Gasteiger partial charge is 0.368 e. The lowest BCUT2D eigenvalue weighted by Gasteiger charge is -2.36. The Balaban J connectivity index is 1.22. The summed E-state index contributed by atoms with van der Waals surface area (Å²) in [5, 5.41) is 7.60. The van der Waals surface area contributed by atoms with Gasteiger partial charge in [0.1, 0.15) is 0 Å². The van der Waals surface area contributed by atoms with Gasteiger partial charge in [-0.1, -0.05) is 22.8 Å². The Hall–Kier alpha value is -3.59. The maximum absolute atomic E-state index is 12.6. The molecule has 1 atom stereocenters. The monoisotopic (exact) mass is 494 g/mol. The van der Waals surface area contributed by atoms with Gasteiger partial charge in [0.15, 0.2) is 0 Å². The average Bonchev–Trinajstić information content (AvgIpc) is 3.52. The number of amides is 3. The zero-order chi connectivity index (χ0) is 24.4. The number of halogens is 1. The zero-order valence-electron chi connectivity index (χ0n) is 19.5. The van der Waals surface area contributed by atoms with Gasteiger partial charge in [-0.15, -0.1) is 0 Å². The van der Waals surface area contributed by atoms with Gasteiger partial charge in [0.05, 0.1) is 5.92 Å². The SMILES string of the molecule is CCNC(=O)N1CCN(c2ccc(-c3noc([C@@H]4CC(=O)N(c5cccc(Cl)c5)C4)n3)cc2)CC1. The second-order valence-electron chi connectivity index (χ2n) is 8.70. The summed E-state index contributed by atoms with van der Waals surface area (Å²) in [5.41, 5.74) is 2.71.